The van der Waals surface area contributed by atoms with Crippen LogP contribution >= 0.6 is 0 Å². The average Bonchev–Trinajstić information content (AvgIpc) is 3.23. The molecule has 1 fully saturated rings. The van der Waals surface area contributed by atoms with Crippen molar-refractivity contribution in [2.24, 2.45) is 0 Å². The Balaban J connectivity index is 1.48. The van der Waals surface area contributed by atoms with E-state index in [9.17, 15) is 0 Å². The number of nitrogens with zero attached hydrogens (tertiary/aromatic N) is 7. The number of hydrogen-bond acceptors (Lipinski definition) is 7. The largest absolute Gasteiger partial charge is 0.361 e. The number of anilines is 1. The first-order valence-electron chi connectivity index (χ1n) is 8.32. The van der Waals surface area contributed by atoms with Crippen LogP contribution in [-0.4, -0.2) is 55.8 Å². The Labute approximate surface area is 140 Å². The van der Waals surface area contributed by atoms with Crippen LogP contribution in [0.1, 0.15) is 24.1 Å². The molecule has 3 aromatic rings. The Morgan fingerprint density at radius 3 is 2.67 bits per heavy atom. The molecule has 4 rings (SSSR count). The molecule has 0 N–H and O–H groups in total. The number of aromatic nitrogens is 5. The molecule has 8 heteroatoms. The lowest BCUT2D eigenvalue weighted by Crippen LogP contribution is -2.46. The Morgan fingerprint density at radius 2 is 1.96 bits per heavy atom. The molecular weight excluding hydrogens is 306 g/mol. The third kappa shape index (κ3) is 2.84. The first kappa shape index (κ1) is 15.1. The van der Waals surface area contributed by atoms with Crippen molar-refractivity contribution in [1.82, 2.24) is 29.6 Å². The molecule has 1 aliphatic rings. The van der Waals surface area contributed by atoms with Gasteiger partial charge in [0.25, 0.3) is 5.78 Å². The van der Waals surface area contributed by atoms with Gasteiger partial charge in [0, 0.05) is 50.6 Å². The zero-order valence-electron chi connectivity index (χ0n) is 14.0. The van der Waals surface area contributed by atoms with E-state index >= 15 is 0 Å². The highest BCUT2D eigenvalue weighted by atomic mass is 16.5. The van der Waals surface area contributed by atoms with Crippen molar-refractivity contribution < 1.29 is 4.52 Å². The zero-order chi connectivity index (χ0) is 16.5. The van der Waals surface area contributed by atoms with E-state index in [1.54, 1.807) is 6.33 Å². The zero-order valence-corrected chi connectivity index (χ0v) is 14.0. The van der Waals surface area contributed by atoms with Gasteiger partial charge in [0.1, 0.15) is 17.9 Å². The molecule has 0 spiro atoms. The summed E-state index contributed by atoms with van der Waals surface area (Å²) in [6.45, 7) is 8.71. The molecular formula is C16H21N7O. The van der Waals surface area contributed by atoms with E-state index in [0.29, 0.717) is 5.78 Å². The summed E-state index contributed by atoms with van der Waals surface area (Å²) >= 11 is 0. The van der Waals surface area contributed by atoms with Gasteiger partial charge in [0.05, 0.1) is 5.69 Å². The Kier molecular flexibility index (Phi) is 3.89. The summed E-state index contributed by atoms with van der Waals surface area (Å²) in [5.74, 6) is 2.61. The maximum absolute atomic E-state index is 5.15. The molecule has 8 nitrogen and oxygen atoms in total. The van der Waals surface area contributed by atoms with Gasteiger partial charge in [-0.2, -0.15) is 14.6 Å². The summed E-state index contributed by atoms with van der Waals surface area (Å²) in [7, 11) is 0. The summed E-state index contributed by atoms with van der Waals surface area (Å²) in [5, 5.41) is 8.41. The molecule has 0 radical (unpaired) electrons. The average molecular weight is 327 g/mol. The van der Waals surface area contributed by atoms with Gasteiger partial charge in [0.2, 0.25) is 0 Å². The molecule has 4 heterocycles. The van der Waals surface area contributed by atoms with Crippen molar-refractivity contribution in [1.29, 1.82) is 0 Å². The van der Waals surface area contributed by atoms with E-state index in [1.165, 1.54) is 0 Å². The molecule has 0 saturated carbocycles. The van der Waals surface area contributed by atoms with Crippen LogP contribution in [0, 0.1) is 6.92 Å². The number of aryl methyl sites for hydroxylation is 2. The van der Waals surface area contributed by atoms with Crippen molar-refractivity contribution in [3.05, 3.63) is 35.6 Å². The van der Waals surface area contributed by atoms with Crippen molar-refractivity contribution in [3.8, 4) is 0 Å². The van der Waals surface area contributed by atoms with Gasteiger partial charge >= 0.3 is 0 Å². The minimum absolute atomic E-state index is 0.671. The highest BCUT2D eigenvalue weighted by Crippen LogP contribution is 2.19. The molecule has 0 amide bonds. The Hall–Kier alpha value is -2.48. The van der Waals surface area contributed by atoms with Gasteiger partial charge in [0.15, 0.2) is 0 Å². The van der Waals surface area contributed by atoms with Gasteiger partial charge in [-0.15, -0.1) is 0 Å². The van der Waals surface area contributed by atoms with Gasteiger partial charge < -0.3 is 9.42 Å². The fourth-order valence-corrected chi connectivity index (χ4v) is 3.11. The normalized spacial score (nSPS) is 16.2. The van der Waals surface area contributed by atoms with Crippen LogP contribution < -0.4 is 4.90 Å². The van der Waals surface area contributed by atoms with Crippen LogP contribution in [-0.2, 0) is 13.0 Å². The molecule has 0 bridgehead atoms. The maximum atomic E-state index is 5.15. The topological polar surface area (TPSA) is 75.6 Å². The predicted octanol–water partition coefficient (Wildman–Crippen LogP) is 1.31. The monoisotopic (exact) mass is 327 g/mol. The van der Waals surface area contributed by atoms with Gasteiger partial charge in [-0.25, -0.2) is 4.98 Å². The Morgan fingerprint density at radius 1 is 1.12 bits per heavy atom. The number of rotatable bonds is 4. The van der Waals surface area contributed by atoms with Crippen LogP contribution in [0.4, 0.5) is 5.82 Å². The van der Waals surface area contributed by atoms with E-state index in [-0.39, 0.29) is 0 Å². The van der Waals surface area contributed by atoms with E-state index in [0.717, 1.165) is 62.1 Å². The highest BCUT2D eigenvalue weighted by molar-refractivity contribution is 5.47. The lowest BCUT2D eigenvalue weighted by Gasteiger charge is -2.35. The summed E-state index contributed by atoms with van der Waals surface area (Å²) in [6.07, 6.45) is 2.45. The maximum Gasteiger partial charge on any atom is 0.254 e. The molecule has 0 atom stereocenters. The molecule has 1 saturated heterocycles. The van der Waals surface area contributed by atoms with Crippen molar-refractivity contribution in [2.45, 2.75) is 26.8 Å². The molecule has 1 aliphatic heterocycles. The van der Waals surface area contributed by atoms with Crippen molar-refractivity contribution >= 4 is 11.6 Å². The summed E-state index contributed by atoms with van der Waals surface area (Å²) in [6, 6.07) is 4.13. The van der Waals surface area contributed by atoms with Crippen molar-refractivity contribution in [3.63, 3.8) is 0 Å². The summed E-state index contributed by atoms with van der Waals surface area (Å²) < 4.78 is 6.98. The minimum atomic E-state index is 0.671. The number of piperazine rings is 1. The van der Waals surface area contributed by atoms with E-state index in [2.05, 4.69) is 43.0 Å². The Bertz CT molecular complexity index is 832. The molecule has 24 heavy (non-hydrogen) atoms. The fourth-order valence-electron chi connectivity index (χ4n) is 3.11. The van der Waals surface area contributed by atoms with E-state index < -0.39 is 0 Å². The first-order chi connectivity index (χ1) is 11.7. The third-order valence-corrected chi connectivity index (χ3v) is 4.41. The molecule has 0 aliphatic carbocycles. The smallest absolute Gasteiger partial charge is 0.254 e. The second-order valence-electron chi connectivity index (χ2n) is 6.12. The third-order valence-electron chi connectivity index (χ3n) is 4.41. The molecule has 0 unspecified atom stereocenters. The SMILES string of the molecule is CCc1cc(N2CCN(Cc3cc(C)on3)CC2)n2ncnc2n1. The lowest BCUT2D eigenvalue weighted by atomic mass is 10.2. The van der Waals surface area contributed by atoms with Crippen molar-refractivity contribution in [2.75, 3.05) is 31.1 Å². The van der Waals surface area contributed by atoms with Gasteiger partial charge in [-0.05, 0) is 13.3 Å². The predicted molar refractivity (Wildman–Crippen MR) is 88.9 cm³/mol. The fraction of sp³-hybridized carbons (Fsp3) is 0.500. The standard InChI is InChI=1S/C16H21N7O/c1-3-13-9-15(23-16(19-13)17-11-18-23)22-6-4-21(5-7-22)10-14-8-12(2)24-20-14/h8-9,11H,3-7,10H2,1-2H3. The van der Waals surface area contributed by atoms with Gasteiger partial charge in [-0.3, -0.25) is 4.90 Å². The second-order valence-corrected chi connectivity index (χ2v) is 6.12. The lowest BCUT2D eigenvalue weighted by molar-refractivity contribution is 0.241. The molecule has 126 valence electrons. The van der Waals surface area contributed by atoms with E-state index in [1.807, 2.05) is 17.5 Å². The van der Waals surface area contributed by atoms with Crippen LogP contribution in [0.15, 0.2) is 23.0 Å². The van der Waals surface area contributed by atoms with Crippen LogP contribution in [0.25, 0.3) is 5.78 Å². The summed E-state index contributed by atoms with van der Waals surface area (Å²) in [5.41, 5.74) is 2.04. The quantitative estimate of drug-likeness (QED) is 0.715. The second kappa shape index (κ2) is 6.20. The first-order valence-corrected chi connectivity index (χ1v) is 8.32. The van der Waals surface area contributed by atoms with Crippen LogP contribution in [0.5, 0.6) is 0 Å². The van der Waals surface area contributed by atoms with Crippen LogP contribution in [0.2, 0.25) is 0 Å². The number of fused-ring (bicyclic) bond motifs is 1. The van der Waals surface area contributed by atoms with E-state index in [4.69, 9.17) is 4.52 Å². The molecule has 3 aromatic heterocycles. The highest BCUT2D eigenvalue weighted by Gasteiger charge is 2.21. The van der Waals surface area contributed by atoms with Gasteiger partial charge in [-0.1, -0.05) is 12.1 Å². The number of hydrogen-bond donors (Lipinski definition) is 0. The van der Waals surface area contributed by atoms with Crippen LogP contribution in [0.3, 0.4) is 0 Å². The minimum Gasteiger partial charge on any atom is -0.361 e. The molecule has 0 aromatic carbocycles. The summed E-state index contributed by atoms with van der Waals surface area (Å²) in [4.78, 5) is 13.5.